The Morgan fingerprint density at radius 2 is 1.77 bits per heavy atom. The minimum absolute atomic E-state index is 0.0881. The molecule has 0 unspecified atom stereocenters. The van der Waals surface area contributed by atoms with Crippen LogP contribution in [0.1, 0.15) is 44.4 Å². The van der Waals surface area contributed by atoms with Crippen molar-refractivity contribution in [3.8, 4) is 0 Å². The molecule has 2 aromatic carbocycles. The minimum atomic E-state index is -0.592. The van der Waals surface area contributed by atoms with Gasteiger partial charge in [-0.15, -0.1) is 11.8 Å². The average molecular weight is 481 g/mol. The van der Waals surface area contributed by atoms with E-state index in [-0.39, 0.29) is 23.1 Å². The van der Waals surface area contributed by atoms with Gasteiger partial charge in [-0.1, -0.05) is 53.5 Å². The molecular formula is C24H30Cl2N2O2S. The second-order valence-corrected chi connectivity index (χ2v) is 10.4. The Morgan fingerprint density at radius 3 is 2.39 bits per heavy atom. The second-order valence-electron chi connectivity index (χ2n) is 8.59. The van der Waals surface area contributed by atoms with Gasteiger partial charge in [0.2, 0.25) is 11.8 Å². The number of nitrogens with zero attached hydrogens (tertiary/aromatic N) is 1. The van der Waals surface area contributed by atoms with E-state index in [0.29, 0.717) is 22.3 Å². The van der Waals surface area contributed by atoms with Crippen molar-refractivity contribution < 1.29 is 9.59 Å². The fourth-order valence-corrected chi connectivity index (χ4v) is 4.47. The van der Waals surface area contributed by atoms with Gasteiger partial charge >= 0.3 is 0 Å². The van der Waals surface area contributed by atoms with Crippen LogP contribution >= 0.6 is 35.0 Å². The third-order valence-electron chi connectivity index (χ3n) is 4.77. The number of benzene rings is 2. The summed E-state index contributed by atoms with van der Waals surface area (Å²) in [5.74, 6) is 0.579. The first-order valence-corrected chi connectivity index (χ1v) is 12.1. The van der Waals surface area contributed by atoms with E-state index in [4.69, 9.17) is 23.2 Å². The lowest BCUT2D eigenvalue weighted by Crippen LogP contribution is -2.52. The second kappa shape index (κ2) is 11.3. The van der Waals surface area contributed by atoms with Gasteiger partial charge in [0.15, 0.2) is 0 Å². The van der Waals surface area contributed by atoms with Crippen molar-refractivity contribution in [2.24, 2.45) is 0 Å². The molecular weight excluding hydrogens is 451 g/mol. The van der Waals surface area contributed by atoms with Crippen molar-refractivity contribution >= 4 is 46.8 Å². The molecule has 0 heterocycles. The van der Waals surface area contributed by atoms with E-state index < -0.39 is 6.04 Å². The normalized spacial score (nSPS) is 12.4. The number of hydrogen-bond donors (Lipinski definition) is 1. The van der Waals surface area contributed by atoms with Crippen LogP contribution in [0.15, 0.2) is 42.5 Å². The molecule has 0 aliphatic carbocycles. The molecule has 0 saturated heterocycles. The van der Waals surface area contributed by atoms with Crippen molar-refractivity contribution in [1.29, 1.82) is 0 Å². The molecule has 4 nitrogen and oxygen atoms in total. The quantitative estimate of drug-likeness (QED) is 0.513. The Labute approximate surface area is 199 Å². The van der Waals surface area contributed by atoms with Gasteiger partial charge in [0.05, 0.1) is 5.75 Å². The van der Waals surface area contributed by atoms with Crippen LogP contribution in [-0.4, -0.2) is 34.0 Å². The first-order valence-electron chi connectivity index (χ1n) is 10.2. The number of thioether (sulfide) groups is 1. The molecule has 0 spiro atoms. The summed E-state index contributed by atoms with van der Waals surface area (Å²) in [5, 5.41) is 4.15. The highest BCUT2D eigenvalue weighted by Crippen LogP contribution is 2.25. The molecule has 31 heavy (non-hydrogen) atoms. The number of carbonyl (C=O) groups excluding carboxylic acids is 2. The van der Waals surface area contributed by atoms with Crippen LogP contribution in [0.4, 0.5) is 0 Å². The van der Waals surface area contributed by atoms with Crippen LogP contribution < -0.4 is 5.32 Å². The molecule has 0 saturated carbocycles. The molecule has 1 atom stereocenters. The topological polar surface area (TPSA) is 49.4 Å². The van der Waals surface area contributed by atoms with Crippen molar-refractivity contribution in [3.63, 3.8) is 0 Å². The lowest BCUT2D eigenvalue weighted by molar-refractivity contribution is -0.139. The fourth-order valence-electron chi connectivity index (χ4n) is 3.00. The van der Waals surface area contributed by atoms with Gasteiger partial charge in [-0.05, 0) is 63.4 Å². The highest BCUT2D eigenvalue weighted by atomic mass is 35.5. The maximum absolute atomic E-state index is 13.2. The lowest BCUT2D eigenvalue weighted by Gasteiger charge is -2.31. The third-order valence-corrected chi connectivity index (χ3v) is 6.32. The van der Waals surface area contributed by atoms with Crippen molar-refractivity contribution in [1.82, 2.24) is 10.2 Å². The third kappa shape index (κ3) is 8.06. The van der Waals surface area contributed by atoms with Gasteiger partial charge in [0.25, 0.3) is 0 Å². The number of nitrogens with one attached hydrogen (secondary N) is 1. The average Bonchev–Trinajstić information content (AvgIpc) is 2.67. The Bertz CT molecular complexity index is 928. The van der Waals surface area contributed by atoms with Crippen LogP contribution in [0.3, 0.4) is 0 Å². The van der Waals surface area contributed by atoms with E-state index in [9.17, 15) is 9.59 Å². The number of hydrogen-bond acceptors (Lipinski definition) is 3. The number of rotatable bonds is 8. The van der Waals surface area contributed by atoms with E-state index in [0.717, 1.165) is 16.7 Å². The fraction of sp³-hybridized carbons (Fsp3) is 0.417. The highest BCUT2D eigenvalue weighted by molar-refractivity contribution is 7.99. The molecule has 2 rings (SSSR count). The van der Waals surface area contributed by atoms with Gasteiger partial charge in [0, 0.05) is 27.9 Å². The van der Waals surface area contributed by atoms with Crippen LogP contribution in [0.25, 0.3) is 0 Å². The first kappa shape index (κ1) is 25.6. The molecule has 2 amide bonds. The van der Waals surface area contributed by atoms with E-state index in [1.807, 2.05) is 58.0 Å². The van der Waals surface area contributed by atoms with Gasteiger partial charge in [-0.25, -0.2) is 0 Å². The molecule has 1 N–H and O–H groups in total. The van der Waals surface area contributed by atoms with Gasteiger partial charge in [-0.2, -0.15) is 0 Å². The van der Waals surface area contributed by atoms with E-state index in [2.05, 4.69) is 5.32 Å². The Morgan fingerprint density at radius 1 is 1.10 bits per heavy atom. The van der Waals surface area contributed by atoms with Crippen LogP contribution in [-0.2, 0) is 21.9 Å². The van der Waals surface area contributed by atoms with Gasteiger partial charge < -0.3 is 10.2 Å². The lowest BCUT2D eigenvalue weighted by atomic mass is 10.1. The summed E-state index contributed by atoms with van der Waals surface area (Å²) in [6.07, 6.45) is 0. The Balaban J connectivity index is 2.13. The monoisotopic (exact) mass is 480 g/mol. The predicted octanol–water partition coefficient (Wildman–Crippen LogP) is 5.87. The zero-order valence-electron chi connectivity index (χ0n) is 18.7. The molecule has 0 aromatic heterocycles. The standard InChI is InChI=1S/C24H30Cl2N2O2S/c1-16-8-6-7-9-18(16)13-28(17(2)23(30)27-24(3,4)5)22(29)15-31-14-19-10-11-20(25)12-21(19)26/h6-12,17H,13-15H2,1-5H3,(H,27,30)/t17-/m1/s1. The molecule has 0 fully saturated rings. The number of carbonyl (C=O) groups is 2. The largest absolute Gasteiger partial charge is 0.350 e. The smallest absolute Gasteiger partial charge is 0.242 e. The number of aryl methyl sites for hydroxylation is 1. The van der Waals surface area contributed by atoms with E-state index in [1.54, 1.807) is 24.0 Å². The summed E-state index contributed by atoms with van der Waals surface area (Å²) in [4.78, 5) is 27.6. The predicted molar refractivity (Wildman–Crippen MR) is 132 cm³/mol. The van der Waals surface area contributed by atoms with Crippen molar-refractivity contribution in [3.05, 3.63) is 69.2 Å². The summed E-state index contributed by atoms with van der Waals surface area (Å²) in [7, 11) is 0. The Kier molecular flexibility index (Phi) is 9.28. The zero-order valence-corrected chi connectivity index (χ0v) is 21.0. The van der Waals surface area contributed by atoms with Crippen LogP contribution in [0.2, 0.25) is 10.0 Å². The summed E-state index contributed by atoms with van der Waals surface area (Å²) in [5.41, 5.74) is 2.66. The Hall–Kier alpha value is -1.69. The molecule has 2 aromatic rings. The van der Waals surface area contributed by atoms with Crippen LogP contribution in [0, 0.1) is 6.92 Å². The molecule has 7 heteroatoms. The minimum Gasteiger partial charge on any atom is -0.350 e. The van der Waals surface area contributed by atoms with Crippen molar-refractivity contribution in [2.45, 2.75) is 58.5 Å². The molecule has 0 bridgehead atoms. The maximum Gasteiger partial charge on any atom is 0.242 e. The maximum atomic E-state index is 13.2. The summed E-state index contributed by atoms with van der Waals surface area (Å²) >= 11 is 13.7. The molecule has 168 valence electrons. The summed E-state index contributed by atoms with van der Waals surface area (Å²) in [6.45, 7) is 9.95. The van der Waals surface area contributed by atoms with Crippen LogP contribution in [0.5, 0.6) is 0 Å². The highest BCUT2D eigenvalue weighted by Gasteiger charge is 2.28. The van der Waals surface area contributed by atoms with E-state index >= 15 is 0 Å². The van der Waals surface area contributed by atoms with Gasteiger partial charge in [0.1, 0.15) is 6.04 Å². The zero-order chi connectivity index (χ0) is 23.2. The molecule has 0 aliphatic heterocycles. The van der Waals surface area contributed by atoms with Gasteiger partial charge in [-0.3, -0.25) is 9.59 Å². The summed E-state index contributed by atoms with van der Waals surface area (Å²) in [6, 6.07) is 12.7. The van der Waals surface area contributed by atoms with Crippen molar-refractivity contribution in [2.75, 3.05) is 5.75 Å². The SMILES string of the molecule is Cc1ccccc1CN(C(=O)CSCc1ccc(Cl)cc1Cl)[C@H](C)C(=O)NC(C)(C)C. The molecule has 0 aliphatic rings. The first-order chi connectivity index (χ1) is 14.5. The summed E-state index contributed by atoms with van der Waals surface area (Å²) < 4.78 is 0. The van der Waals surface area contributed by atoms with E-state index in [1.165, 1.54) is 11.8 Å². The number of amides is 2. The number of halogens is 2. The molecule has 0 radical (unpaired) electrons.